The molecule has 1 aliphatic heterocycles. The molecule has 0 N–H and O–H groups in total. The summed E-state index contributed by atoms with van der Waals surface area (Å²) < 4.78 is 14.4. The second-order valence-corrected chi connectivity index (χ2v) is 7.47. The van der Waals surface area contributed by atoms with Gasteiger partial charge in [0.15, 0.2) is 5.82 Å². The number of hydrogen-bond acceptors (Lipinski definition) is 4. The number of halogens is 2. The Labute approximate surface area is 158 Å². The van der Waals surface area contributed by atoms with Crippen molar-refractivity contribution in [2.75, 3.05) is 11.9 Å². The van der Waals surface area contributed by atoms with Crippen LogP contribution in [0.4, 0.5) is 10.2 Å². The fourth-order valence-corrected chi connectivity index (χ4v) is 4.37. The molecular weight excluding hydrogens is 351 g/mol. The minimum Gasteiger partial charge on any atom is -0.355 e. The third kappa shape index (κ3) is 2.88. The van der Waals surface area contributed by atoms with E-state index in [-0.39, 0.29) is 5.02 Å². The highest BCUT2D eigenvalue weighted by Crippen LogP contribution is 2.34. The van der Waals surface area contributed by atoms with Crippen LogP contribution in [0.25, 0.3) is 0 Å². The summed E-state index contributed by atoms with van der Waals surface area (Å²) in [7, 11) is 2.10. The van der Waals surface area contributed by atoms with E-state index in [9.17, 15) is 4.39 Å². The highest BCUT2D eigenvalue weighted by Gasteiger charge is 2.31. The van der Waals surface area contributed by atoms with E-state index in [1.54, 1.807) is 18.3 Å². The predicted octanol–water partition coefficient (Wildman–Crippen LogP) is 4.64. The summed E-state index contributed by atoms with van der Waals surface area (Å²) in [5.74, 6) is 1.13. The smallest absolute Gasteiger partial charge is 0.151 e. The first-order chi connectivity index (χ1) is 12.6. The summed E-state index contributed by atoms with van der Waals surface area (Å²) in [6, 6.07) is 5.45. The Kier molecular flexibility index (Phi) is 4.65. The molecule has 26 heavy (non-hydrogen) atoms. The number of hydrogen-bond donors (Lipinski definition) is 0. The molecule has 1 aliphatic carbocycles. The zero-order chi connectivity index (χ0) is 18.3. The molecule has 0 bridgehead atoms. The first-order valence-corrected chi connectivity index (χ1v) is 9.56. The lowest BCUT2D eigenvalue weighted by molar-refractivity contribution is 0.449. The van der Waals surface area contributed by atoms with Gasteiger partial charge in [-0.3, -0.25) is 4.99 Å². The van der Waals surface area contributed by atoms with Gasteiger partial charge in [-0.05, 0) is 30.9 Å². The van der Waals surface area contributed by atoms with Crippen LogP contribution >= 0.6 is 11.6 Å². The normalized spacial score (nSPS) is 21.6. The Balaban J connectivity index is 1.63. The van der Waals surface area contributed by atoms with Gasteiger partial charge in [0.2, 0.25) is 0 Å². The van der Waals surface area contributed by atoms with E-state index in [0.717, 1.165) is 11.5 Å². The molecule has 4 nitrogen and oxygen atoms in total. The Morgan fingerprint density at radius 3 is 2.96 bits per heavy atom. The van der Waals surface area contributed by atoms with Crippen molar-refractivity contribution < 1.29 is 4.39 Å². The molecule has 1 aromatic carbocycles. The molecule has 0 spiro atoms. The predicted molar refractivity (Wildman–Crippen MR) is 103 cm³/mol. The molecule has 1 fully saturated rings. The number of aromatic nitrogens is 2. The maximum Gasteiger partial charge on any atom is 0.151 e. The molecule has 0 radical (unpaired) electrons. The second-order valence-electron chi connectivity index (χ2n) is 7.07. The summed E-state index contributed by atoms with van der Waals surface area (Å²) in [5, 5.41) is 0.0924. The molecule has 2 aliphatic rings. The Morgan fingerprint density at radius 1 is 1.31 bits per heavy atom. The van der Waals surface area contributed by atoms with Crippen LogP contribution in [0.3, 0.4) is 0 Å². The van der Waals surface area contributed by atoms with Gasteiger partial charge in [-0.15, -0.1) is 0 Å². The number of fused-ring (bicyclic) bond motifs is 1. The van der Waals surface area contributed by atoms with Crippen molar-refractivity contribution in [2.45, 2.75) is 45.2 Å². The van der Waals surface area contributed by atoms with Crippen LogP contribution in [-0.4, -0.2) is 28.8 Å². The minimum atomic E-state index is -0.458. The maximum absolute atomic E-state index is 14.4. The van der Waals surface area contributed by atoms with Gasteiger partial charge in [0.25, 0.3) is 0 Å². The first-order valence-electron chi connectivity index (χ1n) is 9.18. The average Bonchev–Trinajstić information content (AvgIpc) is 3.29. The van der Waals surface area contributed by atoms with Gasteiger partial charge in [0.1, 0.15) is 11.5 Å². The number of nitrogens with zero attached hydrogens (tertiary/aromatic N) is 4. The monoisotopic (exact) mass is 372 g/mol. The Hall–Kier alpha value is -2.01. The van der Waals surface area contributed by atoms with Gasteiger partial charge in [0.05, 0.1) is 29.2 Å². The van der Waals surface area contributed by atoms with Crippen molar-refractivity contribution in [2.24, 2.45) is 10.9 Å². The van der Waals surface area contributed by atoms with E-state index in [1.807, 2.05) is 0 Å². The van der Waals surface area contributed by atoms with E-state index >= 15 is 0 Å². The molecule has 1 aromatic heterocycles. The molecule has 0 saturated heterocycles. The van der Waals surface area contributed by atoms with Crippen molar-refractivity contribution in [3.63, 3.8) is 0 Å². The van der Waals surface area contributed by atoms with Crippen molar-refractivity contribution in [1.82, 2.24) is 9.97 Å². The van der Waals surface area contributed by atoms with E-state index in [2.05, 4.69) is 28.8 Å². The van der Waals surface area contributed by atoms with Gasteiger partial charge >= 0.3 is 0 Å². The van der Waals surface area contributed by atoms with Crippen LogP contribution in [0.15, 0.2) is 29.4 Å². The largest absolute Gasteiger partial charge is 0.355 e. The van der Waals surface area contributed by atoms with Crippen LogP contribution in [0, 0.1) is 11.7 Å². The molecule has 2 heterocycles. The second kappa shape index (κ2) is 6.95. The summed E-state index contributed by atoms with van der Waals surface area (Å²) in [6.07, 6.45) is 6.73. The van der Waals surface area contributed by atoms with E-state index in [1.165, 1.54) is 31.7 Å². The molecule has 4 rings (SSSR count). The van der Waals surface area contributed by atoms with Crippen LogP contribution < -0.4 is 4.90 Å². The fourth-order valence-electron chi connectivity index (χ4n) is 4.20. The molecule has 136 valence electrons. The van der Waals surface area contributed by atoms with Gasteiger partial charge in [0, 0.05) is 18.7 Å². The van der Waals surface area contributed by atoms with E-state index in [4.69, 9.17) is 16.6 Å². The first kappa shape index (κ1) is 17.4. The minimum absolute atomic E-state index is 0.0924. The van der Waals surface area contributed by atoms with E-state index < -0.39 is 5.82 Å². The maximum atomic E-state index is 14.4. The van der Waals surface area contributed by atoms with Crippen molar-refractivity contribution in [3.8, 4) is 0 Å². The molecule has 1 saturated carbocycles. The van der Waals surface area contributed by atoms with Crippen molar-refractivity contribution >= 4 is 23.1 Å². The lowest BCUT2D eigenvalue weighted by atomic mass is 9.99. The molecule has 6 heteroatoms. The topological polar surface area (TPSA) is 41.4 Å². The van der Waals surface area contributed by atoms with Crippen LogP contribution in [0.1, 0.15) is 49.6 Å². The summed E-state index contributed by atoms with van der Waals surface area (Å²) >= 11 is 5.91. The standard InChI is InChI=1S/C20H22ClFN4/c1-3-12-6-4-9-16(12)26(2)17-11-24-20-15(25-17)10-23-19(20)13-7-5-8-14(21)18(13)22/h5,7-8,11-12,16H,3-4,6,9-10H2,1-2H3/t12-,16-/m0/s1. The van der Waals surface area contributed by atoms with Crippen LogP contribution in [-0.2, 0) is 6.54 Å². The van der Waals surface area contributed by atoms with Crippen molar-refractivity contribution in [1.29, 1.82) is 0 Å². The number of rotatable bonds is 4. The van der Waals surface area contributed by atoms with E-state index in [0.29, 0.717) is 35.5 Å². The quantitative estimate of drug-likeness (QED) is 0.785. The lowest BCUT2D eigenvalue weighted by Gasteiger charge is -2.30. The zero-order valence-electron chi connectivity index (χ0n) is 15.0. The summed E-state index contributed by atoms with van der Waals surface area (Å²) in [4.78, 5) is 16.1. The fraction of sp³-hybridized carbons (Fsp3) is 0.450. The third-order valence-corrected chi connectivity index (χ3v) is 5.94. The van der Waals surface area contributed by atoms with Gasteiger partial charge in [-0.1, -0.05) is 37.4 Å². The van der Waals surface area contributed by atoms with Crippen molar-refractivity contribution in [3.05, 3.63) is 52.2 Å². The average molecular weight is 373 g/mol. The van der Waals surface area contributed by atoms with Crippen LogP contribution in [0.5, 0.6) is 0 Å². The summed E-state index contributed by atoms with van der Waals surface area (Å²) in [5.41, 5.74) is 2.37. The number of benzene rings is 1. The molecular formula is C20H22ClFN4. The number of anilines is 1. The van der Waals surface area contributed by atoms with Gasteiger partial charge in [-0.2, -0.15) is 0 Å². The molecule has 0 amide bonds. The van der Waals surface area contributed by atoms with Gasteiger partial charge in [-0.25, -0.2) is 14.4 Å². The van der Waals surface area contributed by atoms with Crippen LogP contribution in [0.2, 0.25) is 5.02 Å². The van der Waals surface area contributed by atoms with Gasteiger partial charge < -0.3 is 4.90 Å². The highest BCUT2D eigenvalue weighted by molar-refractivity contribution is 6.31. The molecule has 2 aromatic rings. The lowest BCUT2D eigenvalue weighted by Crippen LogP contribution is -2.35. The SMILES string of the molecule is CC[C@H]1CCC[C@@H]1N(C)c1cnc2c(n1)CN=C2c1cccc(Cl)c1F. The Morgan fingerprint density at radius 2 is 2.15 bits per heavy atom. The Bertz CT molecular complexity index is 867. The highest BCUT2D eigenvalue weighted by atomic mass is 35.5. The molecule has 2 atom stereocenters. The third-order valence-electron chi connectivity index (χ3n) is 5.65. The summed E-state index contributed by atoms with van der Waals surface area (Å²) in [6.45, 7) is 2.68. The molecule has 0 unspecified atom stereocenters. The number of aliphatic imine (C=N–C) groups is 1. The zero-order valence-corrected chi connectivity index (χ0v) is 15.8.